The van der Waals surface area contributed by atoms with E-state index in [-0.39, 0.29) is 17.8 Å². The first-order chi connectivity index (χ1) is 10.8. The molecule has 1 saturated heterocycles. The van der Waals surface area contributed by atoms with Crippen LogP contribution in [0, 0.1) is 6.92 Å². The minimum absolute atomic E-state index is 0.0822. The minimum atomic E-state index is -4.38. The molecular formula is C15H14F3N3OS. The summed E-state index contributed by atoms with van der Waals surface area (Å²) in [5, 5.41) is 4.77. The van der Waals surface area contributed by atoms with Crippen molar-refractivity contribution in [1.82, 2.24) is 10.3 Å². The van der Waals surface area contributed by atoms with E-state index in [0.717, 1.165) is 23.9 Å². The predicted molar refractivity (Wildman–Crippen MR) is 81.8 cm³/mol. The first-order valence-corrected chi connectivity index (χ1v) is 7.85. The fourth-order valence-corrected chi connectivity index (χ4v) is 3.13. The van der Waals surface area contributed by atoms with Crippen molar-refractivity contribution in [3.63, 3.8) is 0 Å². The van der Waals surface area contributed by atoms with Crippen LogP contribution in [0.3, 0.4) is 0 Å². The normalized spacial score (nSPS) is 15.4. The van der Waals surface area contributed by atoms with Gasteiger partial charge in [0.15, 0.2) is 0 Å². The van der Waals surface area contributed by atoms with Crippen molar-refractivity contribution >= 4 is 23.1 Å². The number of aromatic nitrogens is 1. The van der Waals surface area contributed by atoms with Crippen LogP contribution in [0.5, 0.6) is 0 Å². The van der Waals surface area contributed by atoms with E-state index in [2.05, 4.69) is 10.3 Å². The summed E-state index contributed by atoms with van der Waals surface area (Å²) in [6, 6.07) is 3.70. The van der Waals surface area contributed by atoms with Gasteiger partial charge in [-0.05, 0) is 36.1 Å². The third kappa shape index (κ3) is 3.47. The van der Waals surface area contributed by atoms with Gasteiger partial charge in [-0.3, -0.25) is 4.79 Å². The molecule has 1 amide bonds. The van der Waals surface area contributed by atoms with Crippen LogP contribution in [0.25, 0.3) is 0 Å². The maximum Gasteiger partial charge on any atom is 0.416 e. The number of nitrogens with one attached hydrogen (secondary N) is 1. The highest BCUT2D eigenvalue weighted by molar-refractivity contribution is 7.12. The maximum atomic E-state index is 12.7. The number of carbonyl (C=O) groups excluding carboxylic acids is 1. The Morgan fingerprint density at radius 3 is 2.74 bits per heavy atom. The van der Waals surface area contributed by atoms with Crippen molar-refractivity contribution in [2.45, 2.75) is 19.1 Å². The van der Waals surface area contributed by atoms with Crippen LogP contribution >= 0.6 is 11.3 Å². The predicted octanol–water partition coefficient (Wildman–Crippen LogP) is 3.09. The van der Waals surface area contributed by atoms with E-state index in [9.17, 15) is 18.0 Å². The largest absolute Gasteiger partial charge is 0.416 e. The Bertz CT molecular complexity index is 723. The van der Waals surface area contributed by atoms with Gasteiger partial charge in [0.25, 0.3) is 5.91 Å². The van der Waals surface area contributed by atoms with Gasteiger partial charge in [-0.1, -0.05) is 0 Å². The van der Waals surface area contributed by atoms with Crippen molar-refractivity contribution in [3.8, 4) is 0 Å². The zero-order chi connectivity index (χ0) is 16.6. The zero-order valence-corrected chi connectivity index (χ0v) is 13.0. The van der Waals surface area contributed by atoms with Gasteiger partial charge in [0, 0.05) is 19.3 Å². The van der Waals surface area contributed by atoms with Gasteiger partial charge >= 0.3 is 6.18 Å². The molecule has 3 heterocycles. The second-order valence-corrected chi connectivity index (χ2v) is 6.38. The summed E-state index contributed by atoms with van der Waals surface area (Å²) in [6.07, 6.45) is -3.23. The molecule has 3 rings (SSSR count). The minimum Gasteiger partial charge on any atom is -0.352 e. The Hall–Kier alpha value is -2.09. The third-order valence-corrected chi connectivity index (χ3v) is 4.61. The molecule has 1 fully saturated rings. The quantitative estimate of drug-likeness (QED) is 0.933. The molecule has 8 heteroatoms. The van der Waals surface area contributed by atoms with E-state index in [1.54, 1.807) is 4.90 Å². The summed E-state index contributed by atoms with van der Waals surface area (Å²) in [6.45, 7) is 2.81. The Labute approximate surface area is 135 Å². The molecule has 0 spiro atoms. The van der Waals surface area contributed by atoms with E-state index in [0.29, 0.717) is 18.0 Å². The third-order valence-electron chi connectivity index (χ3n) is 3.57. The number of carbonyl (C=O) groups is 1. The second-order valence-electron chi connectivity index (χ2n) is 5.46. The van der Waals surface area contributed by atoms with Crippen LogP contribution < -0.4 is 10.2 Å². The lowest BCUT2D eigenvalue weighted by molar-refractivity contribution is -0.137. The summed E-state index contributed by atoms with van der Waals surface area (Å²) < 4.78 is 38.1. The van der Waals surface area contributed by atoms with Gasteiger partial charge in [-0.25, -0.2) is 4.98 Å². The smallest absolute Gasteiger partial charge is 0.352 e. The standard InChI is InChI=1S/C15H14F3N3OS/c1-9-4-12(23-8-9)14(22)20-11-6-21(7-11)13-5-10(2-3-19-13)15(16,17)18/h2-5,8,11H,6-7H2,1H3,(H,20,22). The summed E-state index contributed by atoms with van der Waals surface area (Å²) in [7, 11) is 0. The molecule has 1 aliphatic rings. The fourth-order valence-electron chi connectivity index (χ4n) is 2.33. The van der Waals surface area contributed by atoms with Crippen molar-refractivity contribution in [2.75, 3.05) is 18.0 Å². The summed E-state index contributed by atoms with van der Waals surface area (Å²) in [4.78, 5) is 18.3. The van der Waals surface area contributed by atoms with E-state index >= 15 is 0 Å². The van der Waals surface area contributed by atoms with Crippen LogP contribution in [0.4, 0.5) is 19.0 Å². The molecule has 2 aromatic heterocycles. The Morgan fingerprint density at radius 2 is 2.13 bits per heavy atom. The number of halogens is 3. The van der Waals surface area contributed by atoms with Gasteiger partial charge in [-0.15, -0.1) is 11.3 Å². The monoisotopic (exact) mass is 341 g/mol. The molecule has 23 heavy (non-hydrogen) atoms. The number of pyridine rings is 1. The van der Waals surface area contributed by atoms with E-state index < -0.39 is 11.7 Å². The Kier molecular flexibility index (Phi) is 4.01. The summed E-state index contributed by atoms with van der Waals surface area (Å²) >= 11 is 1.37. The molecule has 0 atom stereocenters. The summed E-state index contributed by atoms with van der Waals surface area (Å²) in [5.74, 6) is 0.127. The number of aryl methyl sites for hydroxylation is 1. The molecule has 4 nitrogen and oxygen atoms in total. The van der Waals surface area contributed by atoms with Crippen LogP contribution in [0.1, 0.15) is 20.8 Å². The van der Waals surface area contributed by atoms with Crippen molar-refractivity contribution in [2.24, 2.45) is 0 Å². The number of anilines is 1. The number of nitrogens with zero attached hydrogens (tertiary/aromatic N) is 2. The number of rotatable bonds is 3. The SMILES string of the molecule is Cc1csc(C(=O)NC2CN(c3cc(C(F)(F)F)ccn3)C2)c1. The molecule has 0 bridgehead atoms. The lowest BCUT2D eigenvalue weighted by Crippen LogP contribution is -2.59. The van der Waals surface area contributed by atoms with Gasteiger partial charge in [-0.2, -0.15) is 13.2 Å². The number of hydrogen-bond donors (Lipinski definition) is 1. The maximum absolute atomic E-state index is 12.7. The molecule has 0 aliphatic carbocycles. The van der Waals surface area contributed by atoms with Crippen LogP contribution in [0.15, 0.2) is 29.8 Å². The number of hydrogen-bond acceptors (Lipinski definition) is 4. The van der Waals surface area contributed by atoms with Gasteiger partial charge in [0.1, 0.15) is 5.82 Å². The molecular weight excluding hydrogens is 327 g/mol. The molecule has 1 aliphatic heterocycles. The lowest BCUT2D eigenvalue weighted by Gasteiger charge is -2.40. The van der Waals surface area contributed by atoms with Crippen LogP contribution in [0.2, 0.25) is 0 Å². The number of alkyl halides is 3. The molecule has 122 valence electrons. The van der Waals surface area contributed by atoms with Gasteiger partial charge < -0.3 is 10.2 Å². The zero-order valence-electron chi connectivity index (χ0n) is 12.2. The van der Waals surface area contributed by atoms with Gasteiger partial charge in [0.2, 0.25) is 0 Å². The second kappa shape index (κ2) is 5.84. The van der Waals surface area contributed by atoms with E-state index in [1.165, 1.54) is 11.3 Å². The molecule has 0 radical (unpaired) electrons. The van der Waals surface area contributed by atoms with E-state index in [4.69, 9.17) is 0 Å². The molecule has 0 saturated carbocycles. The van der Waals surface area contributed by atoms with E-state index in [1.807, 2.05) is 18.4 Å². The summed E-state index contributed by atoms with van der Waals surface area (Å²) in [5.41, 5.74) is 0.313. The fraction of sp³-hybridized carbons (Fsp3) is 0.333. The van der Waals surface area contributed by atoms with Crippen molar-refractivity contribution in [1.29, 1.82) is 0 Å². The Morgan fingerprint density at radius 1 is 1.39 bits per heavy atom. The van der Waals surface area contributed by atoms with Crippen molar-refractivity contribution in [3.05, 3.63) is 45.8 Å². The molecule has 1 N–H and O–H groups in total. The van der Waals surface area contributed by atoms with Crippen LogP contribution in [-0.4, -0.2) is 30.0 Å². The molecule has 0 unspecified atom stereocenters. The van der Waals surface area contributed by atoms with Crippen LogP contribution in [-0.2, 0) is 6.18 Å². The average Bonchev–Trinajstić information content (AvgIpc) is 2.88. The molecule has 2 aromatic rings. The first-order valence-electron chi connectivity index (χ1n) is 6.97. The highest BCUT2D eigenvalue weighted by Gasteiger charge is 2.34. The number of amides is 1. The van der Waals surface area contributed by atoms with Gasteiger partial charge in [0.05, 0.1) is 16.5 Å². The Balaban J connectivity index is 1.58. The lowest BCUT2D eigenvalue weighted by atomic mass is 10.1. The van der Waals surface area contributed by atoms with Crippen molar-refractivity contribution < 1.29 is 18.0 Å². The number of thiophene rings is 1. The highest BCUT2D eigenvalue weighted by Crippen LogP contribution is 2.31. The first kappa shape index (κ1) is 15.8. The average molecular weight is 341 g/mol. The topological polar surface area (TPSA) is 45.2 Å². The highest BCUT2D eigenvalue weighted by atomic mass is 32.1. The molecule has 0 aromatic carbocycles.